The van der Waals surface area contributed by atoms with Crippen molar-refractivity contribution in [3.8, 4) is 5.75 Å². The van der Waals surface area contributed by atoms with Crippen LogP contribution < -0.4 is 4.74 Å². The van der Waals surface area contributed by atoms with Crippen LogP contribution in [-0.4, -0.2) is 37.5 Å². The van der Waals surface area contributed by atoms with Crippen LogP contribution in [0.15, 0.2) is 36.5 Å². The number of ether oxygens (including phenoxy) is 3. The van der Waals surface area contributed by atoms with Gasteiger partial charge in [-0.05, 0) is 12.1 Å². The predicted octanol–water partition coefficient (Wildman–Crippen LogP) is 2.84. The van der Waals surface area contributed by atoms with Crippen molar-refractivity contribution in [2.75, 3.05) is 32.5 Å². The van der Waals surface area contributed by atoms with E-state index in [1.54, 1.807) is 6.20 Å². The molecule has 1 heterocycles. The van der Waals surface area contributed by atoms with Gasteiger partial charge in [0.05, 0.1) is 19.8 Å². The molecule has 1 aromatic carbocycles. The van der Waals surface area contributed by atoms with Crippen LogP contribution in [0.5, 0.6) is 5.75 Å². The number of nitrogens with zero attached hydrogens (tertiary/aromatic N) is 1. The van der Waals surface area contributed by atoms with Gasteiger partial charge < -0.3 is 14.2 Å². The van der Waals surface area contributed by atoms with E-state index in [0.717, 1.165) is 16.7 Å². The number of halogens is 1. The predicted molar refractivity (Wildman–Crippen MR) is 74.7 cm³/mol. The van der Waals surface area contributed by atoms with Crippen LogP contribution in [0.25, 0.3) is 10.9 Å². The summed E-state index contributed by atoms with van der Waals surface area (Å²) in [4.78, 5) is 4.32. The highest BCUT2D eigenvalue weighted by atomic mass is 35.5. The molecule has 0 aliphatic rings. The quantitative estimate of drug-likeness (QED) is 0.551. The standard InChI is InChI=1S/C14H16ClNO3/c15-11-18-8-7-17-9-10-19-13-5-1-3-12-4-2-6-16-14(12)13/h1-6H,7-11H2. The number of hydrogen-bond donors (Lipinski definition) is 0. The molecule has 1 aromatic heterocycles. The second kappa shape index (κ2) is 7.94. The number of aromatic nitrogens is 1. The molecule has 102 valence electrons. The molecular formula is C14H16ClNO3. The summed E-state index contributed by atoms with van der Waals surface area (Å²) >= 11 is 5.37. The maximum atomic E-state index is 5.67. The van der Waals surface area contributed by atoms with Crippen LogP contribution in [0.1, 0.15) is 0 Å². The largest absolute Gasteiger partial charge is 0.489 e. The number of alkyl halides is 1. The highest BCUT2D eigenvalue weighted by molar-refractivity contribution is 6.17. The fraction of sp³-hybridized carbons (Fsp3) is 0.357. The normalized spacial score (nSPS) is 10.8. The third kappa shape index (κ3) is 4.35. The molecule has 2 rings (SSSR count). The molecule has 0 unspecified atom stereocenters. The first-order chi connectivity index (χ1) is 9.42. The highest BCUT2D eigenvalue weighted by Gasteiger charge is 2.02. The van der Waals surface area contributed by atoms with E-state index in [1.165, 1.54) is 0 Å². The zero-order valence-corrected chi connectivity index (χ0v) is 11.3. The Hall–Kier alpha value is -1.36. The fourth-order valence-corrected chi connectivity index (χ4v) is 1.79. The number of para-hydroxylation sites is 1. The molecule has 0 spiro atoms. The van der Waals surface area contributed by atoms with Gasteiger partial charge in [0.1, 0.15) is 23.9 Å². The Morgan fingerprint density at radius 2 is 1.74 bits per heavy atom. The third-order valence-corrected chi connectivity index (χ3v) is 2.68. The van der Waals surface area contributed by atoms with Crippen molar-refractivity contribution in [1.82, 2.24) is 4.98 Å². The molecule has 0 saturated heterocycles. The summed E-state index contributed by atoms with van der Waals surface area (Å²) < 4.78 is 16.0. The fourth-order valence-electron chi connectivity index (χ4n) is 1.68. The lowest BCUT2D eigenvalue weighted by Gasteiger charge is -2.09. The topological polar surface area (TPSA) is 40.6 Å². The zero-order chi connectivity index (χ0) is 13.3. The van der Waals surface area contributed by atoms with Gasteiger partial charge >= 0.3 is 0 Å². The summed E-state index contributed by atoms with van der Waals surface area (Å²) in [5.41, 5.74) is 0.871. The van der Waals surface area contributed by atoms with Gasteiger partial charge in [0.2, 0.25) is 0 Å². The van der Waals surface area contributed by atoms with Gasteiger partial charge in [-0.3, -0.25) is 4.98 Å². The van der Waals surface area contributed by atoms with Crippen molar-refractivity contribution in [3.63, 3.8) is 0 Å². The van der Waals surface area contributed by atoms with Gasteiger partial charge in [0.15, 0.2) is 0 Å². The van der Waals surface area contributed by atoms with Crippen molar-refractivity contribution in [3.05, 3.63) is 36.5 Å². The van der Waals surface area contributed by atoms with E-state index in [1.807, 2.05) is 30.3 Å². The number of rotatable bonds is 8. The number of pyridine rings is 1. The molecule has 5 heteroatoms. The van der Waals surface area contributed by atoms with Gasteiger partial charge in [-0.2, -0.15) is 0 Å². The van der Waals surface area contributed by atoms with Gasteiger partial charge in [0, 0.05) is 11.6 Å². The molecule has 4 nitrogen and oxygen atoms in total. The minimum Gasteiger partial charge on any atom is -0.489 e. The zero-order valence-electron chi connectivity index (χ0n) is 10.5. The van der Waals surface area contributed by atoms with E-state index in [9.17, 15) is 0 Å². The Bertz CT molecular complexity index is 502. The molecule has 19 heavy (non-hydrogen) atoms. The molecule has 0 N–H and O–H groups in total. The lowest BCUT2D eigenvalue weighted by Crippen LogP contribution is -2.10. The second-order valence-electron chi connectivity index (χ2n) is 3.81. The molecule has 0 amide bonds. The van der Waals surface area contributed by atoms with Crippen LogP contribution in [-0.2, 0) is 9.47 Å². The molecule has 2 aromatic rings. The van der Waals surface area contributed by atoms with Crippen molar-refractivity contribution in [2.45, 2.75) is 0 Å². The summed E-state index contributed by atoms with van der Waals surface area (Å²) in [6, 6.07) is 9.98. The Labute approximate surface area is 117 Å². The van der Waals surface area contributed by atoms with Crippen LogP contribution in [0.4, 0.5) is 0 Å². The molecular weight excluding hydrogens is 266 g/mol. The van der Waals surface area contributed by atoms with E-state index in [0.29, 0.717) is 26.4 Å². The summed E-state index contributed by atoms with van der Waals surface area (Å²) in [5.74, 6) is 0.777. The molecule has 0 fully saturated rings. The van der Waals surface area contributed by atoms with E-state index >= 15 is 0 Å². The van der Waals surface area contributed by atoms with Crippen molar-refractivity contribution in [1.29, 1.82) is 0 Å². The Morgan fingerprint density at radius 3 is 2.63 bits per heavy atom. The van der Waals surface area contributed by atoms with E-state index in [4.69, 9.17) is 25.8 Å². The smallest absolute Gasteiger partial charge is 0.145 e. The number of hydrogen-bond acceptors (Lipinski definition) is 4. The summed E-state index contributed by atoms with van der Waals surface area (Å²) in [6.07, 6.45) is 1.76. The average molecular weight is 282 g/mol. The molecule has 0 aliphatic carbocycles. The Balaban J connectivity index is 1.78. The van der Waals surface area contributed by atoms with Crippen LogP contribution in [0.3, 0.4) is 0 Å². The highest BCUT2D eigenvalue weighted by Crippen LogP contribution is 2.22. The molecule has 0 aliphatic heterocycles. The molecule has 0 radical (unpaired) electrons. The first kappa shape index (κ1) is 14.1. The monoisotopic (exact) mass is 281 g/mol. The van der Waals surface area contributed by atoms with Crippen LogP contribution >= 0.6 is 11.6 Å². The SMILES string of the molecule is ClCOCCOCCOc1cccc2cccnc12. The number of fused-ring (bicyclic) bond motifs is 1. The van der Waals surface area contributed by atoms with E-state index in [-0.39, 0.29) is 6.07 Å². The average Bonchev–Trinajstić information content (AvgIpc) is 2.46. The lowest BCUT2D eigenvalue weighted by atomic mass is 10.2. The summed E-state index contributed by atoms with van der Waals surface area (Å²) in [5, 5.41) is 1.07. The summed E-state index contributed by atoms with van der Waals surface area (Å²) in [7, 11) is 0. The van der Waals surface area contributed by atoms with Crippen molar-refractivity contribution < 1.29 is 14.2 Å². The maximum Gasteiger partial charge on any atom is 0.145 e. The minimum atomic E-state index is 0.196. The maximum absolute atomic E-state index is 5.67. The molecule has 0 saturated carbocycles. The van der Waals surface area contributed by atoms with Crippen molar-refractivity contribution in [2.24, 2.45) is 0 Å². The Morgan fingerprint density at radius 1 is 0.947 bits per heavy atom. The van der Waals surface area contributed by atoms with E-state index in [2.05, 4.69) is 4.98 Å². The van der Waals surface area contributed by atoms with Gasteiger partial charge in [-0.1, -0.05) is 29.8 Å². The summed E-state index contributed by atoms with van der Waals surface area (Å²) in [6.45, 7) is 2.01. The van der Waals surface area contributed by atoms with Crippen molar-refractivity contribution >= 4 is 22.5 Å². The van der Waals surface area contributed by atoms with Crippen LogP contribution in [0, 0.1) is 0 Å². The van der Waals surface area contributed by atoms with Gasteiger partial charge in [-0.25, -0.2) is 0 Å². The van der Waals surface area contributed by atoms with Gasteiger partial charge in [0.25, 0.3) is 0 Å². The lowest BCUT2D eigenvalue weighted by molar-refractivity contribution is 0.0497. The second-order valence-corrected chi connectivity index (χ2v) is 4.03. The minimum absolute atomic E-state index is 0.196. The first-order valence-electron chi connectivity index (χ1n) is 6.10. The van der Waals surface area contributed by atoms with E-state index < -0.39 is 0 Å². The molecule has 0 atom stereocenters. The number of benzene rings is 1. The Kier molecular flexibility index (Phi) is 5.88. The first-order valence-corrected chi connectivity index (χ1v) is 6.63. The molecule has 0 bridgehead atoms. The van der Waals surface area contributed by atoms with Crippen LogP contribution in [0.2, 0.25) is 0 Å². The third-order valence-electron chi connectivity index (χ3n) is 2.53. The van der Waals surface area contributed by atoms with Gasteiger partial charge in [-0.15, -0.1) is 0 Å².